The summed E-state index contributed by atoms with van der Waals surface area (Å²) in [5.74, 6) is -0.705. The predicted molar refractivity (Wildman–Crippen MR) is 102 cm³/mol. The van der Waals surface area contributed by atoms with Gasteiger partial charge in [0.05, 0.1) is 22.4 Å². The molecule has 0 saturated carbocycles. The van der Waals surface area contributed by atoms with Crippen LogP contribution in [0.1, 0.15) is 32.8 Å². The Kier molecular flexibility index (Phi) is 5.24. The molecular formula is C21H26O4S. The molecule has 3 rings (SSSR count). The summed E-state index contributed by atoms with van der Waals surface area (Å²) in [6, 6.07) is 18.6. The molecule has 0 spiro atoms. The zero-order valence-corrected chi connectivity index (χ0v) is 16.3. The van der Waals surface area contributed by atoms with Crippen LogP contribution in [0.4, 0.5) is 0 Å². The molecule has 1 saturated heterocycles. The number of hydrogen-bond acceptors (Lipinski definition) is 4. The maximum Gasteiger partial charge on any atom is 0.178 e. The highest BCUT2D eigenvalue weighted by Gasteiger charge is 2.50. The van der Waals surface area contributed by atoms with Crippen LogP contribution in [-0.4, -0.2) is 31.7 Å². The molecule has 5 heteroatoms. The van der Waals surface area contributed by atoms with E-state index in [1.807, 2.05) is 45.0 Å². The number of hydrogen-bond donors (Lipinski definition) is 0. The van der Waals surface area contributed by atoms with Gasteiger partial charge in [0, 0.05) is 6.42 Å². The van der Waals surface area contributed by atoms with Crippen LogP contribution in [-0.2, 0) is 25.7 Å². The van der Waals surface area contributed by atoms with Crippen molar-refractivity contribution in [2.75, 3.05) is 5.75 Å². The molecule has 1 aliphatic heterocycles. The largest absolute Gasteiger partial charge is 0.344 e. The third-order valence-corrected chi connectivity index (χ3v) is 6.55. The second kappa shape index (κ2) is 7.14. The van der Waals surface area contributed by atoms with E-state index in [4.69, 9.17) is 9.47 Å². The minimum atomic E-state index is -3.35. The molecule has 0 radical (unpaired) electrons. The van der Waals surface area contributed by atoms with Gasteiger partial charge in [-0.15, -0.1) is 0 Å². The van der Waals surface area contributed by atoms with E-state index in [0.717, 1.165) is 5.56 Å². The van der Waals surface area contributed by atoms with Gasteiger partial charge in [-0.3, -0.25) is 0 Å². The maximum absolute atomic E-state index is 12.7. The molecule has 2 atom stereocenters. The Hall–Kier alpha value is -1.69. The molecule has 2 aromatic rings. The molecule has 0 aromatic heterocycles. The van der Waals surface area contributed by atoms with Crippen LogP contribution in [0.25, 0.3) is 0 Å². The zero-order chi connectivity index (χ0) is 18.8. The summed E-state index contributed by atoms with van der Waals surface area (Å²) in [5, 5.41) is 0. The van der Waals surface area contributed by atoms with Gasteiger partial charge in [0.25, 0.3) is 0 Å². The Morgan fingerprint density at radius 3 is 2.12 bits per heavy atom. The molecule has 1 aliphatic rings. The number of ether oxygens (including phenoxy) is 2. The van der Waals surface area contributed by atoms with Gasteiger partial charge in [-0.25, -0.2) is 8.42 Å². The fraction of sp³-hybridized carbons (Fsp3) is 0.429. The molecule has 2 aromatic carbocycles. The van der Waals surface area contributed by atoms with Gasteiger partial charge in [0.15, 0.2) is 15.6 Å². The van der Waals surface area contributed by atoms with E-state index in [1.54, 1.807) is 24.3 Å². The number of sulfone groups is 1. The lowest BCUT2D eigenvalue weighted by Gasteiger charge is -2.29. The third-order valence-electron chi connectivity index (χ3n) is 4.82. The lowest BCUT2D eigenvalue weighted by atomic mass is 9.91. The van der Waals surface area contributed by atoms with Crippen LogP contribution in [0, 0.1) is 0 Å². The molecule has 0 aliphatic carbocycles. The topological polar surface area (TPSA) is 52.6 Å². The summed E-state index contributed by atoms with van der Waals surface area (Å²) in [6.07, 6.45) is 0.864. The highest BCUT2D eigenvalue weighted by Crippen LogP contribution is 2.40. The fourth-order valence-electron chi connectivity index (χ4n) is 3.50. The van der Waals surface area contributed by atoms with E-state index in [0.29, 0.717) is 17.7 Å². The standard InChI is InChI=1S/C21H26O4S/c1-20(2)24-19(16-17-10-6-4-7-11-17)21(3,25-20)14-15-26(22,23)18-12-8-5-9-13-18/h4-13,19H,14-16H2,1-3H3/t19-,21-/m1/s1. The van der Waals surface area contributed by atoms with E-state index >= 15 is 0 Å². The van der Waals surface area contributed by atoms with Gasteiger partial charge < -0.3 is 9.47 Å². The van der Waals surface area contributed by atoms with Crippen LogP contribution >= 0.6 is 0 Å². The molecule has 4 nitrogen and oxygen atoms in total. The minimum Gasteiger partial charge on any atom is -0.344 e. The molecule has 0 bridgehead atoms. The normalized spacial score (nSPS) is 25.3. The highest BCUT2D eigenvalue weighted by molar-refractivity contribution is 7.91. The van der Waals surface area contributed by atoms with E-state index in [2.05, 4.69) is 12.1 Å². The van der Waals surface area contributed by atoms with E-state index < -0.39 is 21.2 Å². The van der Waals surface area contributed by atoms with Gasteiger partial charge in [-0.1, -0.05) is 48.5 Å². The summed E-state index contributed by atoms with van der Waals surface area (Å²) in [6.45, 7) is 5.71. The van der Waals surface area contributed by atoms with Crippen LogP contribution in [0.2, 0.25) is 0 Å². The van der Waals surface area contributed by atoms with Gasteiger partial charge in [-0.2, -0.15) is 0 Å². The second-order valence-corrected chi connectivity index (χ2v) is 9.60. The first kappa shape index (κ1) is 19.1. The summed E-state index contributed by atoms with van der Waals surface area (Å²) >= 11 is 0. The molecule has 140 valence electrons. The monoisotopic (exact) mass is 374 g/mol. The summed E-state index contributed by atoms with van der Waals surface area (Å²) in [7, 11) is -3.35. The highest BCUT2D eigenvalue weighted by atomic mass is 32.2. The summed E-state index contributed by atoms with van der Waals surface area (Å²) in [5.41, 5.74) is 0.484. The molecule has 1 heterocycles. The Bertz CT molecular complexity index is 831. The lowest BCUT2D eigenvalue weighted by Crippen LogP contribution is -2.40. The second-order valence-electron chi connectivity index (χ2n) is 7.49. The first-order valence-corrected chi connectivity index (χ1v) is 10.6. The van der Waals surface area contributed by atoms with Crippen molar-refractivity contribution in [3.63, 3.8) is 0 Å². The number of benzene rings is 2. The van der Waals surface area contributed by atoms with E-state index in [1.165, 1.54) is 0 Å². The van der Waals surface area contributed by atoms with Crippen LogP contribution in [0.3, 0.4) is 0 Å². The van der Waals surface area contributed by atoms with Gasteiger partial charge >= 0.3 is 0 Å². The van der Waals surface area contributed by atoms with Gasteiger partial charge in [0.1, 0.15) is 0 Å². The Balaban J connectivity index is 1.77. The fourth-order valence-corrected chi connectivity index (χ4v) is 4.98. The molecule has 0 unspecified atom stereocenters. The summed E-state index contributed by atoms with van der Waals surface area (Å²) < 4.78 is 37.6. The molecule has 1 fully saturated rings. The van der Waals surface area contributed by atoms with Crippen molar-refractivity contribution in [2.45, 2.75) is 56.0 Å². The van der Waals surface area contributed by atoms with Crippen LogP contribution in [0.15, 0.2) is 65.6 Å². The van der Waals surface area contributed by atoms with E-state index in [9.17, 15) is 8.42 Å². The van der Waals surface area contributed by atoms with Crippen molar-refractivity contribution in [3.05, 3.63) is 66.2 Å². The lowest BCUT2D eigenvalue weighted by molar-refractivity contribution is -0.160. The molecule has 0 N–H and O–H groups in total. The first-order valence-electron chi connectivity index (χ1n) is 8.90. The van der Waals surface area contributed by atoms with Crippen molar-refractivity contribution in [3.8, 4) is 0 Å². The predicted octanol–water partition coefficient (Wildman–Crippen LogP) is 4.00. The average Bonchev–Trinajstić information content (AvgIpc) is 2.84. The zero-order valence-electron chi connectivity index (χ0n) is 15.5. The van der Waals surface area contributed by atoms with Crippen LogP contribution < -0.4 is 0 Å². The van der Waals surface area contributed by atoms with Crippen molar-refractivity contribution in [1.82, 2.24) is 0 Å². The van der Waals surface area contributed by atoms with Crippen molar-refractivity contribution < 1.29 is 17.9 Å². The van der Waals surface area contributed by atoms with Gasteiger partial charge in [-0.05, 0) is 44.9 Å². The quantitative estimate of drug-likeness (QED) is 0.767. The number of rotatable bonds is 6. The Morgan fingerprint density at radius 1 is 0.923 bits per heavy atom. The smallest absolute Gasteiger partial charge is 0.178 e. The van der Waals surface area contributed by atoms with E-state index in [-0.39, 0.29) is 11.9 Å². The Labute approximate surface area is 156 Å². The first-order chi connectivity index (χ1) is 12.2. The summed E-state index contributed by atoms with van der Waals surface area (Å²) in [4.78, 5) is 0.349. The average molecular weight is 375 g/mol. The maximum atomic E-state index is 12.7. The minimum absolute atomic E-state index is 0.0260. The van der Waals surface area contributed by atoms with Crippen molar-refractivity contribution >= 4 is 9.84 Å². The molecular weight excluding hydrogens is 348 g/mol. The molecule has 26 heavy (non-hydrogen) atoms. The van der Waals surface area contributed by atoms with Gasteiger partial charge in [0.2, 0.25) is 0 Å². The SMILES string of the molecule is CC1(C)O[C@H](Cc2ccccc2)[C@@](C)(CCS(=O)(=O)c2ccccc2)O1. The van der Waals surface area contributed by atoms with Crippen molar-refractivity contribution in [1.29, 1.82) is 0 Å². The van der Waals surface area contributed by atoms with Crippen molar-refractivity contribution in [2.24, 2.45) is 0 Å². The molecule has 0 amide bonds. The Morgan fingerprint density at radius 2 is 1.50 bits per heavy atom. The third kappa shape index (κ3) is 4.34. The van der Waals surface area contributed by atoms with Crippen LogP contribution in [0.5, 0.6) is 0 Å².